The molecule has 0 fully saturated rings. The number of halogens is 2. The van der Waals surface area contributed by atoms with E-state index in [0.717, 1.165) is 47.0 Å². The standard InChI is InChI=1S/C26H29Cl2NOS/c1-3-29(4-2)17-16-26(30,21-8-6-5-7-9-21)22-11-14-24(15-12-22)31-19-20-10-13-23(27)18-25(20)28/h5-15,18,30H,3-4,16-17,19H2,1-2H3. The van der Waals surface area contributed by atoms with Crippen LogP contribution in [-0.2, 0) is 11.4 Å². The number of benzene rings is 3. The Morgan fingerprint density at radius 3 is 2.13 bits per heavy atom. The highest BCUT2D eigenvalue weighted by molar-refractivity contribution is 7.98. The minimum absolute atomic E-state index is 0.644. The van der Waals surface area contributed by atoms with E-state index in [2.05, 4.69) is 30.9 Å². The van der Waals surface area contributed by atoms with Crippen LogP contribution in [0.1, 0.15) is 37.0 Å². The van der Waals surface area contributed by atoms with Gasteiger partial charge >= 0.3 is 0 Å². The van der Waals surface area contributed by atoms with Gasteiger partial charge in [0.15, 0.2) is 0 Å². The van der Waals surface area contributed by atoms with Crippen molar-refractivity contribution in [2.24, 2.45) is 0 Å². The van der Waals surface area contributed by atoms with Gasteiger partial charge in [0, 0.05) is 27.2 Å². The average Bonchev–Trinajstić information content (AvgIpc) is 2.80. The zero-order valence-corrected chi connectivity index (χ0v) is 20.4. The van der Waals surface area contributed by atoms with Crippen molar-refractivity contribution in [1.82, 2.24) is 4.90 Å². The molecule has 5 heteroatoms. The Balaban J connectivity index is 1.78. The highest BCUT2D eigenvalue weighted by Crippen LogP contribution is 2.35. The van der Waals surface area contributed by atoms with Crippen molar-refractivity contribution in [3.8, 4) is 0 Å². The summed E-state index contributed by atoms with van der Waals surface area (Å²) >= 11 is 14.0. The molecule has 1 N–H and O–H groups in total. The second-order valence-corrected chi connectivity index (χ2v) is 9.44. The van der Waals surface area contributed by atoms with Gasteiger partial charge in [0.25, 0.3) is 0 Å². The van der Waals surface area contributed by atoms with E-state index in [1.165, 1.54) is 0 Å². The molecule has 0 aliphatic carbocycles. The third-order valence-corrected chi connectivity index (χ3v) is 7.32. The summed E-state index contributed by atoms with van der Waals surface area (Å²) in [6.07, 6.45) is 0.644. The molecule has 0 saturated carbocycles. The molecule has 0 aliphatic rings. The number of aliphatic hydroxyl groups is 1. The maximum absolute atomic E-state index is 11.8. The van der Waals surface area contributed by atoms with Gasteiger partial charge in [-0.25, -0.2) is 0 Å². The summed E-state index contributed by atoms with van der Waals surface area (Å²) in [4.78, 5) is 3.47. The number of rotatable bonds is 10. The molecule has 0 bridgehead atoms. The average molecular weight is 474 g/mol. The molecule has 1 atom stereocenters. The van der Waals surface area contributed by atoms with E-state index in [1.807, 2.05) is 54.6 Å². The summed E-state index contributed by atoms with van der Waals surface area (Å²) in [6, 6.07) is 23.8. The first kappa shape index (κ1) is 24.2. The van der Waals surface area contributed by atoms with Crippen LogP contribution in [0.2, 0.25) is 10.0 Å². The first-order valence-electron chi connectivity index (χ1n) is 10.6. The van der Waals surface area contributed by atoms with Gasteiger partial charge in [0.2, 0.25) is 0 Å². The molecule has 3 aromatic carbocycles. The molecule has 0 saturated heterocycles. The first-order chi connectivity index (χ1) is 15.0. The van der Waals surface area contributed by atoms with Crippen molar-refractivity contribution in [3.63, 3.8) is 0 Å². The fourth-order valence-corrected chi connectivity index (χ4v) is 5.11. The van der Waals surface area contributed by atoms with Gasteiger partial charge in [-0.2, -0.15) is 0 Å². The molecule has 0 aromatic heterocycles. The van der Waals surface area contributed by atoms with Gasteiger partial charge in [-0.05, 0) is 60.5 Å². The molecule has 0 radical (unpaired) electrons. The SMILES string of the molecule is CCN(CC)CCC(O)(c1ccccc1)c1ccc(SCc2ccc(Cl)cc2Cl)cc1. The number of hydrogen-bond donors (Lipinski definition) is 1. The molecule has 164 valence electrons. The Morgan fingerprint density at radius 1 is 0.871 bits per heavy atom. The summed E-state index contributed by atoms with van der Waals surface area (Å²) < 4.78 is 0. The monoisotopic (exact) mass is 473 g/mol. The molecule has 0 amide bonds. The molecule has 1 unspecified atom stereocenters. The Bertz CT molecular complexity index is 961. The molecular formula is C26H29Cl2NOS. The smallest absolute Gasteiger partial charge is 0.116 e. The van der Waals surface area contributed by atoms with E-state index >= 15 is 0 Å². The molecule has 2 nitrogen and oxygen atoms in total. The van der Waals surface area contributed by atoms with E-state index < -0.39 is 5.60 Å². The maximum atomic E-state index is 11.8. The van der Waals surface area contributed by atoms with E-state index in [-0.39, 0.29) is 0 Å². The van der Waals surface area contributed by atoms with Crippen LogP contribution in [-0.4, -0.2) is 29.6 Å². The Morgan fingerprint density at radius 2 is 1.52 bits per heavy atom. The van der Waals surface area contributed by atoms with Crippen molar-refractivity contribution < 1.29 is 5.11 Å². The van der Waals surface area contributed by atoms with Crippen molar-refractivity contribution >= 4 is 35.0 Å². The van der Waals surface area contributed by atoms with Gasteiger partial charge in [-0.3, -0.25) is 0 Å². The molecule has 31 heavy (non-hydrogen) atoms. The lowest BCUT2D eigenvalue weighted by molar-refractivity contribution is 0.0586. The zero-order chi connectivity index (χ0) is 22.3. The van der Waals surface area contributed by atoms with E-state index in [0.29, 0.717) is 16.5 Å². The van der Waals surface area contributed by atoms with Gasteiger partial charge < -0.3 is 10.0 Å². The van der Waals surface area contributed by atoms with Crippen LogP contribution in [0.4, 0.5) is 0 Å². The second-order valence-electron chi connectivity index (χ2n) is 7.55. The minimum atomic E-state index is -1.02. The fraction of sp³-hybridized carbons (Fsp3) is 0.308. The maximum Gasteiger partial charge on any atom is 0.116 e. The summed E-state index contributed by atoms with van der Waals surface area (Å²) in [5.41, 5.74) is 1.88. The van der Waals surface area contributed by atoms with Crippen LogP contribution in [0.5, 0.6) is 0 Å². The summed E-state index contributed by atoms with van der Waals surface area (Å²) in [7, 11) is 0. The normalized spacial score (nSPS) is 13.4. The lowest BCUT2D eigenvalue weighted by Crippen LogP contribution is -2.34. The Kier molecular flexibility index (Phi) is 8.88. The molecule has 3 rings (SSSR count). The van der Waals surface area contributed by atoms with Crippen molar-refractivity contribution in [3.05, 3.63) is 99.5 Å². The lowest BCUT2D eigenvalue weighted by Gasteiger charge is -2.32. The van der Waals surface area contributed by atoms with E-state index in [9.17, 15) is 5.11 Å². The highest BCUT2D eigenvalue weighted by atomic mass is 35.5. The quantitative estimate of drug-likeness (QED) is 0.313. The van der Waals surface area contributed by atoms with E-state index in [1.54, 1.807) is 17.8 Å². The van der Waals surface area contributed by atoms with Crippen LogP contribution >= 0.6 is 35.0 Å². The van der Waals surface area contributed by atoms with Crippen molar-refractivity contribution in [2.75, 3.05) is 19.6 Å². The minimum Gasteiger partial charge on any atom is -0.380 e. The van der Waals surface area contributed by atoms with Gasteiger partial charge in [0.1, 0.15) is 5.60 Å². The largest absolute Gasteiger partial charge is 0.380 e. The molecule has 0 aliphatic heterocycles. The van der Waals surface area contributed by atoms with Crippen LogP contribution in [0.25, 0.3) is 0 Å². The fourth-order valence-electron chi connectivity index (χ4n) is 3.66. The Hall–Kier alpha value is -1.49. The molecular weight excluding hydrogens is 445 g/mol. The predicted octanol–water partition coefficient (Wildman–Crippen LogP) is 7.25. The van der Waals surface area contributed by atoms with Crippen LogP contribution in [0.15, 0.2) is 77.7 Å². The van der Waals surface area contributed by atoms with Crippen molar-refractivity contribution in [2.45, 2.75) is 36.5 Å². The summed E-state index contributed by atoms with van der Waals surface area (Å²) in [5, 5.41) is 13.1. The zero-order valence-electron chi connectivity index (χ0n) is 18.0. The van der Waals surface area contributed by atoms with Crippen LogP contribution in [0, 0.1) is 0 Å². The van der Waals surface area contributed by atoms with Crippen molar-refractivity contribution in [1.29, 1.82) is 0 Å². The topological polar surface area (TPSA) is 23.5 Å². The first-order valence-corrected chi connectivity index (χ1v) is 12.4. The molecule has 0 spiro atoms. The second kappa shape index (κ2) is 11.4. The van der Waals surface area contributed by atoms with Gasteiger partial charge in [0.05, 0.1) is 0 Å². The number of nitrogens with zero attached hydrogens (tertiary/aromatic N) is 1. The predicted molar refractivity (Wildman–Crippen MR) is 134 cm³/mol. The number of hydrogen-bond acceptors (Lipinski definition) is 3. The summed E-state index contributed by atoms with van der Waals surface area (Å²) in [6.45, 7) is 7.10. The van der Waals surface area contributed by atoms with Crippen LogP contribution in [0.3, 0.4) is 0 Å². The molecule has 3 aromatic rings. The van der Waals surface area contributed by atoms with Gasteiger partial charge in [-0.15, -0.1) is 11.8 Å². The third-order valence-electron chi connectivity index (χ3n) is 5.68. The Labute approximate surface area is 200 Å². The third kappa shape index (κ3) is 6.27. The number of thioether (sulfide) groups is 1. The summed E-state index contributed by atoms with van der Waals surface area (Å²) in [5.74, 6) is 0.764. The van der Waals surface area contributed by atoms with Crippen LogP contribution < -0.4 is 0 Å². The van der Waals surface area contributed by atoms with Gasteiger partial charge in [-0.1, -0.05) is 85.6 Å². The van der Waals surface area contributed by atoms with E-state index in [4.69, 9.17) is 23.2 Å². The molecule has 0 heterocycles. The highest BCUT2D eigenvalue weighted by Gasteiger charge is 2.31. The lowest BCUT2D eigenvalue weighted by atomic mass is 9.83.